The van der Waals surface area contributed by atoms with E-state index in [0.29, 0.717) is 12.1 Å². The predicted molar refractivity (Wildman–Crippen MR) is 64.6 cm³/mol. The summed E-state index contributed by atoms with van der Waals surface area (Å²) in [5.74, 6) is 0.835. The maximum Gasteiger partial charge on any atom is 0.256 e. The van der Waals surface area contributed by atoms with Gasteiger partial charge in [-0.1, -0.05) is 11.6 Å². The molecule has 1 heterocycles. The van der Waals surface area contributed by atoms with E-state index in [1.807, 2.05) is 6.26 Å². The summed E-state index contributed by atoms with van der Waals surface area (Å²) in [6.07, 6.45) is 3.58. The van der Waals surface area contributed by atoms with Gasteiger partial charge in [0.25, 0.3) is 5.91 Å². The zero-order valence-electron chi connectivity index (χ0n) is 8.74. The summed E-state index contributed by atoms with van der Waals surface area (Å²) in [6, 6.07) is 3.40. The van der Waals surface area contributed by atoms with Gasteiger partial charge in [0.05, 0.1) is 5.56 Å². The lowest BCUT2D eigenvalue weighted by atomic mass is 10.2. The van der Waals surface area contributed by atoms with Crippen molar-refractivity contribution in [3.63, 3.8) is 0 Å². The van der Waals surface area contributed by atoms with Gasteiger partial charge in [0.1, 0.15) is 5.15 Å². The molecule has 0 fully saturated rings. The first-order valence-corrected chi connectivity index (χ1v) is 6.29. The van der Waals surface area contributed by atoms with Gasteiger partial charge in [0, 0.05) is 25.5 Å². The van der Waals surface area contributed by atoms with Crippen LogP contribution >= 0.6 is 23.4 Å². The van der Waals surface area contributed by atoms with E-state index in [2.05, 4.69) is 4.98 Å². The molecule has 0 radical (unpaired) electrons. The first-order valence-electron chi connectivity index (χ1n) is 4.51. The lowest BCUT2D eigenvalue weighted by molar-refractivity contribution is 0.0803. The molecule has 15 heavy (non-hydrogen) atoms. The van der Waals surface area contributed by atoms with Crippen molar-refractivity contribution in [1.29, 1.82) is 0 Å². The van der Waals surface area contributed by atoms with E-state index >= 15 is 0 Å². The van der Waals surface area contributed by atoms with Crippen LogP contribution in [0.5, 0.6) is 0 Å². The van der Waals surface area contributed by atoms with Gasteiger partial charge in [-0.3, -0.25) is 4.79 Å². The number of amides is 1. The Balaban J connectivity index is 2.72. The van der Waals surface area contributed by atoms with Crippen LogP contribution in [-0.2, 0) is 0 Å². The summed E-state index contributed by atoms with van der Waals surface area (Å²) in [5.41, 5.74) is 0.461. The summed E-state index contributed by atoms with van der Waals surface area (Å²) in [5, 5.41) is 0.263. The minimum absolute atomic E-state index is 0.0813. The Bertz CT molecular complexity index is 346. The van der Waals surface area contributed by atoms with E-state index in [4.69, 9.17) is 11.6 Å². The molecule has 0 aromatic carbocycles. The van der Waals surface area contributed by atoms with Gasteiger partial charge in [-0.2, -0.15) is 11.8 Å². The minimum Gasteiger partial charge on any atom is -0.341 e. The van der Waals surface area contributed by atoms with Gasteiger partial charge in [0.15, 0.2) is 0 Å². The molecule has 0 saturated carbocycles. The highest BCUT2D eigenvalue weighted by molar-refractivity contribution is 7.98. The second kappa shape index (κ2) is 5.98. The molecule has 1 aromatic rings. The molecule has 0 saturated heterocycles. The molecule has 0 spiro atoms. The molecule has 3 nitrogen and oxygen atoms in total. The molecular weight excluding hydrogens is 232 g/mol. The summed E-state index contributed by atoms with van der Waals surface area (Å²) < 4.78 is 0. The number of aromatic nitrogens is 1. The summed E-state index contributed by atoms with van der Waals surface area (Å²) in [7, 11) is 1.77. The van der Waals surface area contributed by atoms with Crippen LogP contribution < -0.4 is 0 Å². The fourth-order valence-corrected chi connectivity index (χ4v) is 1.74. The van der Waals surface area contributed by atoms with Crippen molar-refractivity contribution < 1.29 is 4.79 Å². The third-order valence-corrected chi connectivity index (χ3v) is 2.86. The van der Waals surface area contributed by atoms with Gasteiger partial charge in [-0.05, 0) is 18.4 Å². The average Bonchev–Trinajstić information content (AvgIpc) is 2.25. The SMILES string of the molecule is CSCCN(C)C(=O)c1cccnc1Cl. The summed E-state index contributed by atoms with van der Waals surface area (Å²) in [4.78, 5) is 17.4. The monoisotopic (exact) mass is 244 g/mol. The van der Waals surface area contributed by atoms with Crippen molar-refractivity contribution in [3.8, 4) is 0 Å². The van der Waals surface area contributed by atoms with E-state index in [1.165, 1.54) is 0 Å². The Morgan fingerprint density at radius 2 is 2.40 bits per heavy atom. The maximum absolute atomic E-state index is 11.9. The molecule has 0 atom stereocenters. The van der Waals surface area contributed by atoms with Gasteiger partial charge in [-0.15, -0.1) is 0 Å². The number of nitrogens with zero attached hydrogens (tertiary/aromatic N) is 2. The highest BCUT2D eigenvalue weighted by Crippen LogP contribution is 2.13. The number of halogens is 1. The highest BCUT2D eigenvalue weighted by atomic mass is 35.5. The number of pyridine rings is 1. The second-order valence-corrected chi connectivity index (χ2v) is 4.40. The molecule has 0 aliphatic heterocycles. The number of hydrogen-bond acceptors (Lipinski definition) is 3. The highest BCUT2D eigenvalue weighted by Gasteiger charge is 2.14. The lowest BCUT2D eigenvalue weighted by Crippen LogP contribution is -2.29. The number of hydrogen-bond donors (Lipinski definition) is 0. The van der Waals surface area contributed by atoms with Gasteiger partial charge >= 0.3 is 0 Å². The molecule has 5 heteroatoms. The fraction of sp³-hybridized carbons (Fsp3) is 0.400. The van der Waals surface area contributed by atoms with E-state index in [0.717, 1.165) is 5.75 Å². The lowest BCUT2D eigenvalue weighted by Gasteiger charge is -2.16. The molecule has 0 aliphatic rings. The first-order chi connectivity index (χ1) is 7.16. The average molecular weight is 245 g/mol. The number of carbonyl (C=O) groups excluding carboxylic acids is 1. The van der Waals surface area contributed by atoms with Crippen LogP contribution in [0.2, 0.25) is 5.15 Å². The van der Waals surface area contributed by atoms with Crippen molar-refractivity contribution in [2.45, 2.75) is 0 Å². The molecule has 82 valence electrons. The molecule has 1 rings (SSSR count). The van der Waals surface area contributed by atoms with Crippen LogP contribution in [0, 0.1) is 0 Å². The Labute approximate surface area is 98.8 Å². The Hall–Kier alpha value is -0.740. The minimum atomic E-state index is -0.0813. The number of carbonyl (C=O) groups is 1. The normalized spacial score (nSPS) is 10.1. The quantitative estimate of drug-likeness (QED) is 0.762. The molecular formula is C10H13ClN2OS. The van der Waals surface area contributed by atoms with Crippen LogP contribution in [0.3, 0.4) is 0 Å². The Kier molecular flexibility index (Phi) is 4.91. The summed E-state index contributed by atoms with van der Waals surface area (Å²) >= 11 is 7.54. The molecule has 0 N–H and O–H groups in total. The topological polar surface area (TPSA) is 33.2 Å². The largest absolute Gasteiger partial charge is 0.341 e. The standard InChI is InChI=1S/C10H13ClN2OS/c1-13(6-7-15-2)10(14)8-4-3-5-12-9(8)11/h3-5H,6-7H2,1-2H3. The van der Waals surface area contributed by atoms with E-state index in [-0.39, 0.29) is 11.1 Å². The predicted octanol–water partition coefficient (Wildman–Crippen LogP) is 2.17. The second-order valence-electron chi connectivity index (χ2n) is 3.06. The Morgan fingerprint density at radius 3 is 3.00 bits per heavy atom. The maximum atomic E-state index is 11.9. The molecule has 1 amide bonds. The van der Waals surface area contributed by atoms with Crippen LogP contribution in [0.15, 0.2) is 18.3 Å². The Morgan fingerprint density at radius 1 is 1.67 bits per heavy atom. The van der Waals surface area contributed by atoms with Gasteiger partial charge < -0.3 is 4.90 Å². The molecule has 0 aliphatic carbocycles. The van der Waals surface area contributed by atoms with Crippen molar-refractivity contribution >= 4 is 29.3 Å². The fourth-order valence-electron chi connectivity index (χ4n) is 1.08. The van der Waals surface area contributed by atoms with Crippen molar-refractivity contribution in [3.05, 3.63) is 29.0 Å². The van der Waals surface area contributed by atoms with Gasteiger partial charge in [-0.25, -0.2) is 4.98 Å². The zero-order valence-corrected chi connectivity index (χ0v) is 10.3. The number of rotatable bonds is 4. The third kappa shape index (κ3) is 3.39. The first kappa shape index (κ1) is 12.3. The summed E-state index contributed by atoms with van der Waals surface area (Å²) in [6.45, 7) is 0.714. The third-order valence-electron chi connectivity index (χ3n) is 1.97. The van der Waals surface area contributed by atoms with Crippen molar-refractivity contribution in [1.82, 2.24) is 9.88 Å². The van der Waals surface area contributed by atoms with Crippen LogP contribution in [0.25, 0.3) is 0 Å². The van der Waals surface area contributed by atoms with Crippen LogP contribution in [0.1, 0.15) is 10.4 Å². The van der Waals surface area contributed by atoms with Gasteiger partial charge in [0.2, 0.25) is 0 Å². The number of thioether (sulfide) groups is 1. The van der Waals surface area contributed by atoms with E-state index < -0.39 is 0 Å². The van der Waals surface area contributed by atoms with Crippen molar-refractivity contribution in [2.75, 3.05) is 25.6 Å². The molecule has 0 unspecified atom stereocenters. The smallest absolute Gasteiger partial charge is 0.256 e. The van der Waals surface area contributed by atoms with Crippen molar-refractivity contribution in [2.24, 2.45) is 0 Å². The molecule has 1 aromatic heterocycles. The van der Waals surface area contributed by atoms with E-state index in [9.17, 15) is 4.79 Å². The van der Waals surface area contributed by atoms with Crippen LogP contribution in [-0.4, -0.2) is 41.4 Å². The zero-order chi connectivity index (χ0) is 11.3. The molecule has 0 bridgehead atoms. The van der Waals surface area contributed by atoms with Crippen LogP contribution in [0.4, 0.5) is 0 Å². The van der Waals surface area contributed by atoms with E-state index in [1.54, 1.807) is 42.0 Å².